The van der Waals surface area contributed by atoms with E-state index in [-0.39, 0.29) is 0 Å². The first-order valence-corrected chi connectivity index (χ1v) is 6.49. The fraction of sp³-hybridized carbons (Fsp3) is 1.00. The molecule has 84 valence electrons. The van der Waals surface area contributed by atoms with E-state index in [2.05, 4.69) is 6.92 Å². The molecule has 1 fully saturated rings. The van der Waals surface area contributed by atoms with Crippen molar-refractivity contribution in [3.05, 3.63) is 0 Å². The van der Waals surface area contributed by atoms with Crippen molar-refractivity contribution in [2.45, 2.75) is 55.6 Å². The molecule has 0 radical (unpaired) electrons. The van der Waals surface area contributed by atoms with E-state index in [4.69, 9.17) is 9.84 Å². The number of hydrogen-bond acceptors (Lipinski definition) is 3. The van der Waals surface area contributed by atoms with Gasteiger partial charge in [-0.2, -0.15) is 11.8 Å². The minimum atomic E-state index is 0.314. The highest BCUT2D eigenvalue weighted by Crippen LogP contribution is 2.33. The van der Waals surface area contributed by atoms with Crippen LogP contribution in [0.2, 0.25) is 0 Å². The van der Waals surface area contributed by atoms with Crippen LogP contribution < -0.4 is 0 Å². The molecule has 3 heteroatoms. The van der Waals surface area contributed by atoms with Gasteiger partial charge in [0.15, 0.2) is 0 Å². The Labute approximate surface area is 91.4 Å². The van der Waals surface area contributed by atoms with Crippen LogP contribution in [0.5, 0.6) is 0 Å². The van der Waals surface area contributed by atoms with E-state index in [0.717, 1.165) is 11.7 Å². The standard InChI is InChI=1S/C11H22O2S/c1-9(6-7-12)14-11-5-3-4-10(8-11)13-2/h9-12H,3-8H2,1-2H3. The Balaban J connectivity index is 2.22. The van der Waals surface area contributed by atoms with Crippen LogP contribution in [0.4, 0.5) is 0 Å². The Hall–Kier alpha value is 0.270. The lowest BCUT2D eigenvalue weighted by atomic mass is 9.97. The molecule has 1 aliphatic rings. The molecule has 3 unspecified atom stereocenters. The molecular weight excluding hydrogens is 196 g/mol. The van der Waals surface area contributed by atoms with E-state index in [1.165, 1.54) is 25.7 Å². The molecule has 1 aliphatic carbocycles. The van der Waals surface area contributed by atoms with Crippen LogP contribution in [0.1, 0.15) is 39.0 Å². The molecule has 14 heavy (non-hydrogen) atoms. The Kier molecular flexibility index (Phi) is 5.90. The van der Waals surface area contributed by atoms with Crippen molar-refractivity contribution in [3.8, 4) is 0 Å². The molecule has 0 aromatic carbocycles. The average molecular weight is 218 g/mol. The number of hydrogen-bond donors (Lipinski definition) is 1. The quantitative estimate of drug-likeness (QED) is 0.768. The highest BCUT2D eigenvalue weighted by atomic mass is 32.2. The predicted octanol–water partition coefficient (Wildman–Crippen LogP) is 2.45. The summed E-state index contributed by atoms with van der Waals surface area (Å²) in [7, 11) is 1.81. The maximum atomic E-state index is 8.83. The lowest BCUT2D eigenvalue weighted by molar-refractivity contribution is 0.0730. The minimum Gasteiger partial charge on any atom is -0.396 e. The fourth-order valence-corrected chi connectivity index (χ4v) is 3.55. The molecule has 0 aromatic heterocycles. The van der Waals surface area contributed by atoms with Crippen molar-refractivity contribution in [1.29, 1.82) is 0 Å². The van der Waals surface area contributed by atoms with E-state index in [1.54, 1.807) is 0 Å². The first-order valence-electron chi connectivity index (χ1n) is 5.55. The number of thioether (sulfide) groups is 1. The first-order chi connectivity index (χ1) is 6.76. The molecule has 0 heterocycles. The number of methoxy groups -OCH3 is 1. The molecule has 0 amide bonds. The van der Waals surface area contributed by atoms with Gasteiger partial charge in [-0.25, -0.2) is 0 Å². The van der Waals surface area contributed by atoms with Crippen LogP contribution in [-0.2, 0) is 4.74 Å². The van der Waals surface area contributed by atoms with Gasteiger partial charge in [0.05, 0.1) is 6.10 Å². The summed E-state index contributed by atoms with van der Waals surface area (Å²) in [4.78, 5) is 0. The molecule has 0 saturated heterocycles. The van der Waals surface area contributed by atoms with Gasteiger partial charge in [0.25, 0.3) is 0 Å². The molecule has 1 saturated carbocycles. The van der Waals surface area contributed by atoms with Crippen molar-refractivity contribution in [2.24, 2.45) is 0 Å². The third kappa shape index (κ3) is 4.20. The zero-order valence-electron chi connectivity index (χ0n) is 9.24. The number of aliphatic hydroxyl groups excluding tert-OH is 1. The van der Waals surface area contributed by atoms with Gasteiger partial charge in [-0.3, -0.25) is 0 Å². The van der Waals surface area contributed by atoms with Gasteiger partial charge >= 0.3 is 0 Å². The van der Waals surface area contributed by atoms with E-state index < -0.39 is 0 Å². The summed E-state index contributed by atoms with van der Waals surface area (Å²) >= 11 is 2.02. The van der Waals surface area contributed by atoms with Gasteiger partial charge in [0.1, 0.15) is 0 Å². The second-order valence-electron chi connectivity index (χ2n) is 4.11. The molecular formula is C11H22O2S. The molecule has 1 N–H and O–H groups in total. The van der Waals surface area contributed by atoms with Crippen LogP contribution in [0.25, 0.3) is 0 Å². The van der Waals surface area contributed by atoms with E-state index in [0.29, 0.717) is 18.0 Å². The summed E-state index contributed by atoms with van der Waals surface area (Å²) in [5, 5.41) is 10.2. The van der Waals surface area contributed by atoms with Crippen molar-refractivity contribution < 1.29 is 9.84 Å². The van der Waals surface area contributed by atoms with Gasteiger partial charge in [0, 0.05) is 24.2 Å². The number of ether oxygens (including phenoxy) is 1. The van der Waals surface area contributed by atoms with Crippen LogP contribution >= 0.6 is 11.8 Å². The molecule has 0 aliphatic heterocycles. The zero-order chi connectivity index (χ0) is 10.4. The van der Waals surface area contributed by atoms with Crippen LogP contribution in [0.15, 0.2) is 0 Å². The van der Waals surface area contributed by atoms with Gasteiger partial charge in [-0.1, -0.05) is 6.92 Å². The monoisotopic (exact) mass is 218 g/mol. The first kappa shape index (κ1) is 12.3. The van der Waals surface area contributed by atoms with Gasteiger partial charge in [-0.05, 0) is 32.1 Å². The molecule has 1 rings (SSSR count). The van der Waals surface area contributed by atoms with Crippen LogP contribution in [-0.4, -0.2) is 35.4 Å². The largest absolute Gasteiger partial charge is 0.396 e. The summed E-state index contributed by atoms with van der Waals surface area (Å²) in [6.45, 7) is 2.52. The average Bonchev–Trinajstić information content (AvgIpc) is 2.18. The second kappa shape index (κ2) is 6.70. The summed E-state index contributed by atoms with van der Waals surface area (Å²) in [5.74, 6) is 0. The molecule has 2 nitrogen and oxygen atoms in total. The third-order valence-electron chi connectivity index (χ3n) is 2.87. The third-order valence-corrected chi connectivity index (χ3v) is 4.39. The summed E-state index contributed by atoms with van der Waals surface area (Å²) < 4.78 is 5.40. The van der Waals surface area contributed by atoms with Crippen molar-refractivity contribution in [1.82, 2.24) is 0 Å². The Bertz CT molecular complexity index is 152. The SMILES string of the molecule is COC1CCCC(SC(C)CCO)C1. The predicted molar refractivity (Wildman–Crippen MR) is 61.8 cm³/mol. The lowest BCUT2D eigenvalue weighted by Gasteiger charge is -2.29. The van der Waals surface area contributed by atoms with Crippen molar-refractivity contribution in [3.63, 3.8) is 0 Å². The highest BCUT2D eigenvalue weighted by Gasteiger charge is 2.23. The van der Waals surface area contributed by atoms with E-state index >= 15 is 0 Å². The Morgan fingerprint density at radius 1 is 1.50 bits per heavy atom. The summed E-state index contributed by atoms with van der Waals surface area (Å²) in [6, 6.07) is 0. The Morgan fingerprint density at radius 2 is 2.29 bits per heavy atom. The Morgan fingerprint density at radius 3 is 2.93 bits per heavy atom. The summed E-state index contributed by atoms with van der Waals surface area (Å²) in [5.41, 5.74) is 0. The second-order valence-corrected chi connectivity index (χ2v) is 5.85. The maximum absolute atomic E-state index is 8.83. The minimum absolute atomic E-state index is 0.314. The normalized spacial score (nSPS) is 30.2. The number of aliphatic hydroxyl groups is 1. The summed E-state index contributed by atoms with van der Waals surface area (Å²) in [6.07, 6.45) is 6.42. The number of rotatable bonds is 5. The molecule has 0 aromatic rings. The van der Waals surface area contributed by atoms with Gasteiger partial charge < -0.3 is 9.84 Å². The van der Waals surface area contributed by atoms with Crippen molar-refractivity contribution >= 4 is 11.8 Å². The van der Waals surface area contributed by atoms with Crippen LogP contribution in [0, 0.1) is 0 Å². The molecule has 0 bridgehead atoms. The van der Waals surface area contributed by atoms with Gasteiger partial charge in [0.2, 0.25) is 0 Å². The van der Waals surface area contributed by atoms with Gasteiger partial charge in [-0.15, -0.1) is 0 Å². The van der Waals surface area contributed by atoms with Crippen molar-refractivity contribution in [2.75, 3.05) is 13.7 Å². The molecule has 0 spiro atoms. The lowest BCUT2D eigenvalue weighted by Crippen LogP contribution is -2.24. The van der Waals surface area contributed by atoms with E-state index in [9.17, 15) is 0 Å². The zero-order valence-corrected chi connectivity index (χ0v) is 10.1. The topological polar surface area (TPSA) is 29.5 Å². The van der Waals surface area contributed by atoms with E-state index in [1.807, 2.05) is 18.9 Å². The maximum Gasteiger partial charge on any atom is 0.0581 e. The van der Waals surface area contributed by atoms with Crippen LogP contribution in [0.3, 0.4) is 0 Å². The smallest absolute Gasteiger partial charge is 0.0581 e. The highest BCUT2D eigenvalue weighted by molar-refractivity contribution is 8.00. The fourth-order valence-electron chi connectivity index (χ4n) is 2.02. The molecule has 3 atom stereocenters.